The van der Waals surface area contributed by atoms with Gasteiger partial charge in [-0.25, -0.2) is 4.99 Å². The summed E-state index contributed by atoms with van der Waals surface area (Å²) in [4.78, 5) is 18.0. The van der Waals surface area contributed by atoms with Crippen LogP contribution in [-0.4, -0.2) is 41.9 Å². The number of carbonyl (C=O) groups is 1. The lowest BCUT2D eigenvalue weighted by atomic mass is 9.85. The minimum atomic E-state index is 0.208. The molecule has 0 aromatic rings. The van der Waals surface area contributed by atoms with Gasteiger partial charge in [-0.2, -0.15) is 0 Å². The van der Waals surface area contributed by atoms with Crippen molar-refractivity contribution in [2.75, 3.05) is 13.1 Å². The van der Waals surface area contributed by atoms with Crippen LogP contribution in [0.4, 0.5) is 0 Å². The van der Waals surface area contributed by atoms with Crippen LogP contribution < -0.4 is 11.1 Å². The number of likely N-dealkylation sites (tertiary alicyclic amines) is 1. The van der Waals surface area contributed by atoms with E-state index in [0.29, 0.717) is 30.4 Å². The van der Waals surface area contributed by atoms with E-state index < -0.39 is 0 Å². The monoisotopic (exact) mass is 236 g/mol. The summed E-state index contributed by atoms with van der Waals surface area (Å²) >= 11 is 0. The summed E-state index contributed by atoms with van der Waals surface area (Å²) in [7, 11) is 0. The Morgan fingerprint density at radius 1 is 1.35 bits per heavy atom. The standard InChI is InChI=1S/C12H20N4O/c13-12(14-9-2-3-9)16-6-5-10-8(7-16)1-4-11(17)15-10/h8-10H,1-7H2,(H2,13,14)(H,15,17). The maximum absolute atomic E-state index is 11.3. The van der Waals surface area contributed by atoms with E-state index in [4.69, 9.17) is 5.73 Å². The summed E-state index contributed by atoms with van der Waals surface area (Å²) in [5, 5.41) is 3.08. The van der Waals surface area contributed by atoms with E-state index in [0.717, 1.165) is 25.9 Å². The average molecular weight is 236 g/mol. The first-order valence-corrected chi connectivity index (χ1v) is 6.60. The van der Waals surface area contributed by atoms with Crippen molar-refractivity contribution in [1.82, 2.24) is 10.2 Å². The SMILES string of the molecule is NC(=NC1CC1)N1CCC2NC(=O)CCC2C1. The second kappa shape index (κ2) is 4.20. The third-order valence-corrected chi connectivity index (χ3v) is 4.01. The van der Waals surface area contributed by atoms with Gasteiger partial charge in [-0.1, -0.05) is 0 Å². The van der Waals surface area contributed by atoms with E-state index in [-0.39, 0.29) is 5.91 Å². The predicted molar refractivity (Wildman–Crippen MR) is 65.5 cm³/mol. The van der Waals surface area contributed by atoms with Crippen LogP contribution in [0.25, 0.3) is 0 Å². The van der Waals surface area contributed by atoms with Gasteiger partial charge >= 0.3 is 0 Å². The van der Waals surface area contributed by atoms with Gasteiger partial charge in [0.25, 0.3) is 0 Å². The minimum Gasteiger partial charge on any atom is -0.370 e. The van der Waals surface area contributed by atoms with Gasteiger partial charge in [-0.15, -0.1) is 0 Å². The number of nitrogens with one attached hydrogen (secondary N) is 1. The van der Waals surface area contributed by atoms with E-state index in [2.05, 4.69) is 15.2 Å². The number of amides is 1. The molecule has 3 aliphatic rings. The van der Waals surface area contributed by atoms with Crippen LogP contribution in [-0.2, 0) is 4.79 Å². The second-order valence-corrected chi connectivity index (χ2v) is 5.43. The molecule has 5 nitrogen and oxygen atoms in total. The van der Waals surface area contributed by atoms with Crippen LogP contribution in [0.15, 0.2) is 4.99 Å². The zero-order valence-electron chi connectivity index (χ0n) is 10.1. The van der Waals surface area contributed by atoms with Crippen LogP contribution in [0.1, 0.15) is 32.1 Å². The summed E-state index contributed by atoms with van der Waals surface area (Å²) in [5.74, 6) is 1.47. The molecule has 2 heterocycles. The molecule has 0 radical (unpaired) electrons. The number of hydrogen-bond acceptors (Lipinski definition) is 2. The lowest BCUT2D eigenvalue weighted by Gasteiger charge is -2.41. The van der Waals surface area contributed by atoms with Gasteiger partial charge in [0.15, 0.2) is 5.96 Å². The molecule has 94 valence electrons. The van der Waals surface area contributed by atoms with Crippen molar-refractivity contribution < 1.29 is 4.79 Å². The summed E-state index contributed by atoms with van der Waals surface area (Å²) in [5.41, 5.74) is 6.03. The van der Waals surface area contributed by atoms with Crippen molar-refractivity contribution >= 4 is 11.9 Å². The van der Waals surface area contributed by atoms with Crippen LogP contribution >= 0.6 is 0 Å². The highest BCUT2D eigenvalue weighted by atomic mass is 16.1. The maximum atomic E-state index is 11.3. The molecule has 3 rings (SSSR count). The smallest absolute Gasteiger partial charge is 0.220 e. The number of fused-ring (bicyclic) bond motifs is 1. The van der Waals surface area contributed by atoms with Crippen LogP contribution in [0.2, 0.25) is 0 Å². The first kappa shape index (κ1) is 10.9. The van der Waals surface area contributed by atoms with Gasteiger partial charge in [-0.3, -0.25) is 4.79 Å². The highest BCUT2D eigenvalue weighted by molar-refractivity contribution is 5.79. The number of nitrogens with zero attached hydrogens (tertiary/aromatic N) is 2. The second-order valence-electron chi connectivity index (χ2n) is 5.43. The van der Waals surface area contributed by atoms with Gasteiger partial charge in [0.1, 0.15) is 0 Å². The number of rotatable bonds is 1. The largest absolute Gasteiger partial charge is 0.370 e. The van der Waals surface area contributed by atoms with Crippen LogP contribution in [0.5, 0.6) is 0 Å². The summed E-state index contributed by atoms with van der Waals surface area (Å²) < 4.78 is 0. The number of aliphatic imine (C=N–C) groups is 1. The van der Waals surface area contributed by atoms with Crippen LogP contribution in [0.3, 0.4) is 0 Å². The fraction of sp³-hybridized carbons (Fsp3) is 0.833. The molecule has 0 aromatic heterocycles. The van der Waals surface area contributed by atoms with Crippen molar-refractivity contribution in [3.05, 3.63) is 0 Å². The molecule has 1 aliphatic carbocycles. The van der Waals surface area contributed by atoms with Crippen molar-refractivity contribution in [3.8, 4) is 0 Å². The number of hydrogen-bond donors (Lipinski definition) is 2. The van der Waals surface area contributed by atoms with Crippen molar-refractivity contribution in [2.45, 2.75) is 44.2 Å². The third kappa shape index (κ3) is 2.37. The molecule has 17 heavy (non-hydrogen) atoms. The van der Waals surface area contributed by atoms with E-state index in [1.807, 2.05) is 0 Å². The molecule has 2 aliphatic heterocycles. The van der Waals surface area contributed by atoms with E-state index in [1.165, 1.54) is 12.8 Å². The molecule has 2 unspecified atom stereocenters. The first-order valence-electron chi connectivity index (χ1n) is 6.60. The van der Waals surface area contributed by atoms with E-state index in [9.17, 15) is 4.79 Å². The summed E-state index contributed by atoms with van der Waals surface area (Å²) in [6.45, 7) is 1.87. The van der Waals surface area contributed by atoms with Gasteiger partial charge in [-0.05, 0) is 31.6 Å². The molecule has 0 bridgehead atoms. The highest BCUT2D eigenvalue weighted by Crippen LogP contribution is 2.27. The van der Waals surface area contributed by atoms with E-state index >= 15 is 0 Å². The summed E-state index contributed by atoms with van der Waals surface area (Å²) in [6.07, 6.45) is 5.03. The number of carbonyl (C=O) groups excluding carboxylic acids is 1. The Morgan fingerprint density at radius 3 is 2.94 bits per heavy atom. The zero-order valence-corrected chi connectivity index (χ0v) is 10.1. The Bertz CT molecular complexity index is 350. The molecule has 0 aromatic carbocycles. The molecule has 5 heteroatoms. The first-order chi connectivity index (χ1) is 8.22. The Kier molecular flexibility index (Phi) is 2.68. The predicted octanol–water partition coefficient (Wildman–Crippen LogP) is 0.0640. The molecule has 3 N–H and O–H groups in total. The number of piperidine rings is 2. The van der Waals surface area contributed by atoms with Gasteiger partial charge in [0.05, 0.1) is 6.04 Å². The normalized spacial score (nSPS) is 34.2. The van der Waals surface area contributed by atoms with Gasteiger partial charge < -0.3 is 16.0 Å². The zero-order chi connectivity index (χ0) is 11.8. The Hall–Kier alpha value is -1.26. The molecule has 1 saturated carbocycles. The van der Waals surface area contributed by atoms with E-state index in [1.54, 1.807) is 0 Å². The molecule has 3 fully saturated rings. The molecule has 2 saturated heterocycles. The summed E-state index contributed by atoms with van der Waals surface area (Å²) in [6, 6.07) is 0.847. The topological polar surface area (TPSA) is 70.7 Å². The molecular formula is C12H20N4O. The molecule has 0 spiro atoms. The minimum absolute atomic E-state index is 0.208. The Labute approximate surface area is 101 Å². The quantitative estimate of drug-likeness (QED) is 0.500. The molecule has 1 amide bonds. The maximum Gasteiger partial charge on any atom is 0.220 e. The fourth-order valence-corrected chi connectivity index (χ4v) is 2.79. The van der Waals surface area contributed by atoms with Gasteiger partial charge in [0.2, 0.25) is 5.91 Å². The Balaban J connectivity index is 1.61. The van der Waals surface area contributed by atoms with Gasteiger partial charge in [0, 0.05) is 25.6 Å². The third-order valence-electron chi connectivity index (χ3n) is 4.01. The lowest BCUT2D eigenvalue weighted by molar-refractivity contribution is -0.125. The number of nitrogens with two attached hydrogens (primary N) is 1. The lowest BCUT2D eigenvalue weighted by Crippen LogP contribution is -2.56. The average Bonchev–Trinajstić information content (AvgIpc) is 3.12. The Morgan fingerprint density at radius 2 is 2.18 bits per heavy atom. The van der Waals surface area contributed by atoms with Crippen molar-refractivity contribution in [2.24, 2.45) is 16.6 Å². The highest BCUT2D eigenvalue weighted by Gasteiger charge is 2.34. The molecular weight excluding hydrogens is 216 g/mol. The molecule has 2 atom stereocenters. The number of guanidine groups is 1. The fourth-order valence-electron chi connectivity index (χ4n) is 2.79. The van der Waals surface area contributed by atoms with Crippen molar-refractivity contribution in [1.29, 1.82) is 0 Å². The van der Waals surface area contributed by atoms with Crippen LogP contribution in [0, 0.1) is 5.92 Å². The van der Waals surface area contributed by atoms with Crippen molar-refractivity contribution in [3.63, 3.8) is 0 Å².